The van der Waals surface area contributed by atoms with Gasteiger partial charge in [-0.25, -0.2) is 0 Å². The molecule has 2 aromatic carbocycles. The predicted octanol–water partition coefficient (Wildman–Crippen LogP) is 2.52. The normalized spacial score (nSPS) is 25.3. The van der Waals surface area contributed by atoms with Crippen LogP contribution >= 0.6 is 0 Å². The molecule has 2 saturated heterocycles. The molecule has 6 heteroatoms. The minimum Gasteiger partial charge on any atom is -0.394 e. The Kier molecular flexibility index (Phi) is 4.99. The fourth-order valence-corrected chi connectivity index (χ4v) is 5.22. The van der Waals surface area contributed by atoms with Crippen molar-refractivity contribution in [2.24, 2.45) is 5.92 Å². The molecule has 5 rings (SSSR count). The monoisotopic (exact) mass is 415 g/mol. The van der Waals surface area contributed by atoms with E-state index in [4.69, 9.17) is 5.26 Å². The molecule has 1 saturated carbocycles. The van der Waals surface area contributed by atoms with Gasteiger partial charge in [0.25, 0.3) is 0 Å². The third-order valence-corrected chi connectivity index (χ3v) is 7.16. The lowest BCUT2D eigenvalue weighted by Gasteiger charge is -2.59. The molecule has 1 aliphatic carbocycles. The Morgan fingerprint density at radius 3 is 2.26 bits per heavy atom. The molecule has 2 aromatic rings. The first kappa shape index (κ1) is 19.8. The molecule has 0 bridgehead atoms. The molecular formula is C25H25N3O3. The van der Waals surface area contributed by atoms with Crippen LogP contribution in [0.25, 0.3) is 11.1 Å². The summed E-state index contributed by atoms with van der Waals surface area (Å²) in [7, 11) is 0. The fraction of sp³-hybridized carbons (Fsp3) is 0.400. The molecule has 0 spiro atoms. The van der Waals surface area contributed by atoms with E-state index >= 15 is 0 Å². The van der Waals surface area contributed by atoms with Crippen LogP contribution in [0.2, 0.25) is 0 Å². The largest absolute Gasteiger partial charge is 0.394 e. The fourth-order valence-electron chi connectivity index (χ4n) is 5.22. The molecule has 3 aliphatic rings. The number of nitriles is 1. The zero-order valence-corrected chi connectivity index (χ0v) is 17.3. The second-order valence-electron chi connectivity index (χ2n) is 8.80. The topological polar surface area (TPSA) is 84.6 Å². The Morgan fingerprint density at radius 2 is 1.71 bits per heavy atom. The van der Waals surface area contributed by atoms with Crippen molar-refractivity contribution in [3.8, 4) is 17.2 Å². The van der Waals surface area contributed by atoms with Gasteiger partial charge in [-0.3, -0.25) is 9.59 Å². The maximum absolute atomic E-state index is 12.7. The summed E-state index contributed by atoms with van der Waals surface area (Å²) in [6.07, 6.45) is 2.95. The van der Waals surface area contributed by atoms with Crippen molar-refractivity contribution in [2.75, 3.05) is 19.7 Å². The number of rotatable bonds is 4. The number of hydrogen-bond acceptors (Lipinski definition) is 4. The van der Waals surface area contributed by atoms with Crippen LogP contribution in [0.5, 0.6) is 0 Å². The van der Waals surface area contributed by atoms with Crippen molar-refractivity contribution in [2.45, 2.75) is 37.3 Å². The number of fused-ring (bicyclic) bond motifs is 1. The highest BCUT2D eigenvalue weighted by atomic mass is 16.3. The van der Waals surface area contributed by atoms with E-state index in [1.807, 2.05) is 24.3 Å². The van der Waals surface area contributed by atoms with Crippen LogP contribution in [-0.2, 0) is 9.59 Å². The average Bonchev–Trinajstić information content (AvgIpc) is 2.74. The van der Waals surface area contributed by atoms with Crippen LogP contribution < -0.4 is 0 Å². The first-order chi connectivity index (χ1) is 15.1. The summed E-state index contributed by atoms with van der Waals surface area (Å²) in [4.78, 5) is 29.0. The average molecular weight is 415 g/mol. The van der Waals surface area contributed by atoms with E-state index < -0.39 is 0 Å². The van der Waals surface area contributed by atoms with E-state index in [0.29, 0.717) is 12.1 Å². The highest BCUT2D eigenvalue weighted by Gasteiger charge is 2.54. The number of hydrogen-bond donors (Lipinski definition) is 1. The van der Waals surface area contributed by atoms with Gasteiger partial charge in [0, 0.05) is 18.4 Å². The molecule has 2 amide bonds. The molecule has 0 aromatic heterocycles. The van der Waals surface area contributed by atoms with Crippen molar-refractivity contribution in [1.29, 1.82) is 5.26 Å². The van der Waals surface area contributed by atoms with Gasteiger partial charge in [-0.15, -0.1) is 0 Å². The highest BCUT2D eigenvalue weighted by molar-refractivity contribution is 5.89. The first-order valence-corrected chi connectivity index (χ1v) is 10.9. The predicted molar refractivity (Wildman–Crippen MR) is 115 cm³/mol. The summed E-state index contributed by atoms with van der Waals surface area (Å²) in [5, 5.41) is 18.9. The van der Waals surface area contributed by atoms with E-state index in [0.717, 1.165) is 36.0 Å². The van der Waals surface area contributed by atoms with Crippen molar-refractivity contribution in [3.05, 3.63) is 59.7 Å². The number of aliphatic hydroxyl groups excluding tert-OH is 1. The maximum atomic E-state index is 12.7. The van der Waals surface area contributed by atoms with Crippen LogP contribution in [0.1, 0.15) is 36.3 Å². The van der Waals surface area contributed by atoms with Crippen molar-refractivity contribution in [3.63, 3.8) is 0 Å². The molecular weight excluding hydrogens is 390 g/mol. The Hall–Kier alpha value is -3.17. The van der Waals surface area contributed by atoms with Crippen LogP contribution in [0, 0.1) is 17.2 Å². The molecule has 2 heterocycles. The van der Waals surface area contributed by atoms with Crippen molar-refractivity contribution >= 4 is 11.8 Å². The molecule has 3 fully saturated rings. The summed E-state index contributed by atoms with van der Waals surface area (Å²) < 4.78 is 0. The van der Waals surface area contributed by atoms with Gasteiger partial charge in [-0.2, -0.15) is 5.26 Å². The Bertz CT molecular complexity index is 1040. The van der Waals surface area contributed by atoms with Gasteiger partial charge in [0.1, 0.15) is 0 Å². The highest BCUT2D eigenvalue weighted by Crippen LogP contribution is 2.44. The van der Waals surface area contributed by atoms with E-state index in [1.54, 1.807) is 21.9 Å². The molecule has 1 N–H and O–H groups in total. The van der Waals surface area contributed by atoms with Crippen LogP contribution in [0.4, 0.5) is 0 Å². The Labute approximate surface area is 181 Å². The molecule has 2 aliphatic heterocycles. The van der Waals surface area contributed by atoms with E-state index in [1.165, 1.54) is 0 Å². The van der Waals surface area contributed by atoms with Gasteiger partial charge in [0.2, 0.25) is 11.8 Å². The van der Waals surface area contributed by atoms with Crippen LogP contribution in [-0.4, -0.2) is 58.5 Å². The van der Waals surface area contributed by atoms with Crippen LogP contribution in [0.3, 0.4) is 0 Å². The molecule has 3 atom stereocenters. The lowest BCUT2D eigenvalue weighted by atomic mass is 9.73. The van der Waals surface area contributed by atoms with E-state index in [-0.39, 0.29) is 48.9 Å². The van der Waals surface area contributed by atoms with Crippen molar-refractivity contribution in [1.82, 2.24) is 9.80 Å². The summed E-state index contributed by atoms with van der Waals surface area (Å²) in [5.41, 5.74) is 3.78. The zero-order chi connectivity index (χ0) is 21.5. The van der Waals surface area contributed by atoms with Gasteiger partial charge in [-0.05, 0) is 41.7 Å². The number of carbonyl (C=O) groups is 2. The Balaban J connectivity index is 1.36. The number of carbonyl (C=O) groups excluding carboxylic acids is 2. The third kappa shape index (κ3) is 3.30. The number of benzene rings is 2. The number of piperazine rings is 1. The molecule has 0 unspecified atom stereocenters. The third-order valence-electron chi connectivity index (χ3n) is 7.16. The second kappa shape index (κ2) is 7.82. The lowest BCUT2D eigenvalue weighted by molar-refractivity contribution is -0.169. The van der Waals surface area contributed by atoms with Gasteiger partial charge in [-0.1, -0.05) is 42.8 Å². The summed E-state index contributed by atoms with van der Waals surface area (Å²) in [6.45, 7) is 0.590. The zero-order valence-electron chi connectivity index (χ0n) is 17.3. The summed E-state index contributed by atoms with van der Waals surface area (Å²) in [5.74, 6) is 0.147. The van der Waals surface area contributed by atoms with E-state index in [9.17, 15) is 14.7 Å². The second-order valence-corrected chi connectivity index (χ2v) is 8.80. The van der Waals surface area contributed by atoms with Crippen molar-refractivity contribution < 1.29 is 14.7 Å². The SMILES string of the molecule is N#Cc1ccc(-c2ccc([C@@H]3[C@H](CO)N4C(=O)CN(C(=O)C5CCC5)C[C@@H]34)cc2)cc1. The molecule has 158 valence electrons. The van der Waals surface area contributed by atoms with Crippen LogP contribution in [0.15, 0.2) is 48.5 Å². The molecule has 0 radical (unpaired) electrons. The van der Waals surface area contributed by atoms with E-state index in [2.05, 4.69) is 18.2 Å². The smallest absolute Gasteiger partial charge is 0.242 e. The van der Waals surface area contributed by atoms with Gasteiger partial charge >= 0.3 is 0 Å². The molecule has 6 nitrogen and oxygen atoms in total. The minimum atomic E-state index is -0.237. The standard InChI is InChI=1S/C25H25N3O3/c26-12-16-4-6-17(7-5-16)18-8-10-19(11-9-18)24-21-13-27(25(31)20-2-1-3-20)14-23(30)28(21)22(24)15-29/h4-11,20-22,24,29H,1-3,13-15H2/t21-,22-,24-/m0/s1. The van der Waals surface area contributed by atoms with Gasteiger partial charge < -0.3 is 14.9 Å². The number of aliphatic hydroxyl groups is 1. The minimum absolute atomic E-state index is 0.0148. The number of nitrogens with zero attached hydrogens (tertiary/aromatic N) is 3. The number of amides is 2. The van der Waals surface area contributed by atoms with Gasteiger partial charge in [0.05, 0.1) is 36.9 Å². The quantitative estimate of drug-likeness (QED) is 0.832. The first-order valence-electron chi connectivity index (χ1n) is 10.9. The van der Waals surface area contributed by atoms with Gasteiger partial charge in [0.15, 0.2) is 0 Å². The Morgan fingerprint density at radius 1 is 1.06 bits per heavy atom. The summed E-state index contributed by atoms with van der Waals surface area (Å²) in [6, 6.07) is 17.5. The summed E-state index contributed by atoms with van der Waals surface area (Å²) >= 11 is 0. The maximum Gasteiger partial charge on any atom is 0.242 e. The molecule has 31 heavy (non-hydrogen) atoms. The lowest BCUT2D eigenvalue weighted by Crippen LogP contribution is -2.73.